The number of imide groups is 1. The molecule has 1 N–H and O–H groups in total. The summed E-state index contributed by atoms with van der Waals surface area (Å²) < 4.78 is 5.18. The minimum absolute atomic E-state index is 0.0703. The van der Waals surface area contributed by atoms with Crippen LogP contribution in [0.1, 0.15) is 32.8 Å². The predicted octanol–water partition coefficient (Wildman–Crippen LogP) is 3.74. The van der Waals surface area contributed by atoms with Gasteiger partial charge in [-0.2, -0.15) is 0 Å². The highest BCUT2D eigenvalue weighted by Gasteiger charge is 2.39. The molecule has 2 aromatic rings. The zero-order valence-electron chi connectivity index (χ0n) is 15.6. The summed E-state index contributed by atoms with van der Waals surface area (Å²) in [6.07, 6.45) is 0.136. The van der Waals surface area contributed by atoms with E-state index in [1.165, 1.54) is 10.5 Å². The lowest BCUT2D eigenvalue weighted by Gasteiger charge is -2.20. The number of hydrogen-bond acceptors (Lipinski definition) is 4. The first-order valence-corrected chi connectivity index (χ1v) is 8.67. The van der Waals surface area contributed by atoms with Gasteiger partial charge in [0.05, 0.1) is 19.2 Å². The summed E-state index contributed by atoms with van der Waals surface area (Å²) in [5, 5.41) is 3.18. The average molecular weight is 352 g/mol. The Labute approximate surface area is 154 Å². The van der Waals surface area contributed by atoms with Crippen LogP contribution >= 0.6 is 0 Å². The third-order valence-corrected chi connectivity index (χ3v) is 4.55. The molecule has 1 aliphatic rings. The molecule has 0 radical (unpaired) electrons. The van der Waals surface area contributed by atoms with Crippen LogP contribution in [0.15, 0.2) is 48.5 Å². The van der Waals surface area contributed by atoms with Crippen LogP contribution in [0.2, 0.25) is 0 Å². The second kappa shape index (κ2) is 6.83. The Morgan fingerprint density at radius 1 is 1.08 bits per heavy atom. The molecule has 2 amide bonds. The summed E-state index contributed by atoms with van der Waals surface area (Å²) in [6, 6.07) is 14.4. The van der Waals surface area contributed by atoms with Crippen molar-refractivity contribution in [3.63, 3.8) is 0 Å². The Balaban J connectivity index is 1.76. The number of methoxy groups -OCH3 is 1. The van der Waals surface area contributed by atoms with Crippen LogP contribution in [-0.2, 0) is 15.0 Å². The Kier molecular flexibility index (Phi) is 4.72. The normalized spacial score (nSPS) is 17.5. The van der Waals surface area contributed by atoms with E-state index in [-0.39, 0.29) is 23.7 Å². The molecule has 0 aromatic heterocycles. The van der Waals surface area contributed by atoms with Crippen molar-refractivity contribution in [2.24, 2.45) is 0 Å². The van der Waals surface area contributed by atoms with Crippen LogP contribution in [0.25, 0.3) is 0 Å². The van der Waals surface area contributed by atoms with E-state index in [0.29, 0.717) is 11.4 Å². The van der Waals surface area contributed by atoms with Crippen molar-refractivity contribution in [2.45, 2.75) is 38.6 Å². The minimum atomic E-state index is -0.561. The second-order valence-corrected chi connectivity index (χ2v) is 7.50. The maximum absolute atomic E-state index is 12.7. The molecule has 5 nitrogen and oxygen atoms in total. The van der Waals surface area contributed by atoms with Crippen LogP contribution in [0, 0.1) is 0 Å². The Morgan fingerprint density at radius 3 is 2.38 bits per heavy atom. The maximum atomic E-state index is 12.7. The van der Waals surface area contributed by atoms with E-state index in [4.69, 9.17) is 4.74 Å². The van der Waals surface area contributed by atoms with Gasteiger partial charge in [0.25, 0.3) is 5.91 Å². The zero-order chi connectivity index (χ0) is 18.9. The number of nitrogens with zero attached hydrogens (tertiary/aromatic N) is 1. The van der Waals surface area contributed by atoms with E-state index in [2.05, 4.69) is 26.1 Å². The van der Waals surface area contributed by atoms with Crippen molar-refractivity contribution in [1.82, 2.24) is 0 Å². The molecule has 1 aliphatic heterocycles. The average Bonchev–Trinajstić information content (AvgIpc) is 2.88. The molecule has 5 heteroatoms. The van der Waals surface area contributed by atoms with Gasteiger partial charge in [-0.15, -0.1) is 0 Å². The van der Waals surface area contributed by atoms with Crippen molar-refractivity contribution in [1.29, 1.82) is 0 Å². The molecule has 1 atom stereocenters. The molecule has 1 heterocycles. The van der Waals surface area contributed by atoms with Crippen LogP contribution in [0.3, 0.4) is 0 Å². The number of ether oxygens (including phenoxy) is 1. The number of nitrogens with one attached hydrogen (secondary N) is 1. The molecule has 1 saturated heterocycles. The number of benzene rings is 2. The highest BCUT2D eigenvalue weighted by molar-refractivity contribution is 6.23. The van der Waals surface area contributed by atoms with Gasteiger partial charge in [-0.25, -0.2) is 4.90 Å². The fraction of sp³-hybridized carbons (Fsp3) is 0.333. The molecular weight excluding hydrogens is 328 g/mol. The molecule has 136 valence electrons. The van der Waals surface area contributed by atoms with Gasteiger partial charge in [0.2, 0.25) is 5.91 Å². The van der Waals surface area contributed by atoms with Crippen LogP contribution in [0.4, 0.5) is 11.4 Å². The van der Waals surface area contributed by atoms with Gasteiger partial charge < -0.3 is 10.1 Å². The zero-order valence-corrected chi connectivity index (χ0v) is 15.6. The van der Waals surface area contributed by atoms with Crippen LogP contribution < -0.4 is 15.0 Å². The molecule has 0 unspecified atom stereocenters. The molecule has 26 heavy (non-hydrogen) atoms. The highest BCUT2D eigenvalue weighted by Crippen LogP contribution is 2.28. The van der Waals surface area contributed by atoms with Crippen LogP contribution in [0.5, 0.6) is 5.75 Å². The molecule has 1 fully saturated rings. The fourth-order valence-corrected chi connectivity index (χ4v) is 3.03. The lowest BCUT2D eigenvalue weighted by atomic mass is 9.87. The van der Waals surface area contributed by atoms with Crippen molar-refractivity contribution < 1.29 is 14.3 Å². The van der Waals surface area contributed by atoms with E-state index in [9.17, 15) is 9.59 Å². The number of rotatable bonds is 4. The van der Waals surface area contributed by atoms with Crippen molar-refractivity contribution in [2.75, 3.05) is 17.3 Å². The largest absolute Gasteiger partial charge is 0.497 e. The first-order valence-electron chi connectivity index (χ1n) is 8.67. The number of amides is 2. The lowest BCUT2D eigenvalue weighted by molar-refractivity contribution is -0.121. The number of hydrogen-bond donors (Lipinski definition) is 1. The fourth-order valence-electron chi connectivity index (χ4n) is 3.03. The van der Waals surface area contributed by atoms with Gasteiger partial charge in [0, 0.05) is 11.8 Å². The third kappa shape index (κ3) is 3.57. The number of carbonyl (C=O) groups is 2. The SMILES string of the molecule is COc1cccc(N2C(=O)C[C@@H](Nc3ccc(C(C)(C)C)cc3)C2=O)c1. The predicted molar refractivity (Wildman–Crippen MR) is 103 cm³/mol. The van der Waals surface area contributed by atoms with Crippen molar-refractivity contribution in [3.8, 4) is 5.75 Å². The summed E-state index contributed by atoms with van der Waals surface area (Å²) in [6.45, 7) is 6.46. The number of anilines is 2. The van der Waals surface area contributed by atoms with E-state index in [0.717, 1.165) is 5.69 Å². The number of carbonyl (C=O) groups excluding carboxylic acids is 2. The van der Waals surface area contributed by atoms with E-state index in [1.54, 1.807) is 31.4 Å². The van der Waals surface area contributed by atoms with Gasteiger partial charge in [0.15, 0.2) is 0 Å². The molecular formula is C21H24N2O3. The Bertz CT molecular complexity index is 822. The second-order valence-electron chi connectivity index (χ2n) is 7.50. The summed E-state index contributed by atoms with van der Waals surface area (Å²) >= 11 is 0. The highest BCUT2D eigenvalue weighted by atomic mass is 16.5. The molecule has 3 rings (SSSR count). The van der Waals surface area contributed by atoms with E-state index in [1.807, 2.05) is 24.3 Å². The van der Waals surface area contributed by atoms with E-state index >= 15 is 0 Å². The van der Waals surface area contributed by atoms with E-state index < -0.39 is 6.04 Å². The van der Waals surface area contributed by atoms with Crippen LogP contribution in [-0.4, -0.2) is 25.0 Å². The molecule has 0 bridgehead atoms. The molecule has 0 spiro atoms. The smallest absolute Gasteiger partial charge is 0.256 e. The summed E-state index contributed by atoms with van der Waals surface area (Å²) in [5.41, 5.74) is 2.65. The summed E-state index contributed by atoms with van der Waals surface area (Å²) in [4.78, 5) is 26.4. The molecule has 0 aliphatic carbocycles. The summed E-state index contributed by atoms with van der Waals surface area (Å²) in [5.74, 6) is 0.146. The molecule has 0 saturated carbocycles. The van der Waals surface area contributed by atoms with Crippen molar-refractivity contribution >= 4 is 23.2 Å². The topological polar surface area (TPSA) is 58.6 Å². The maximum Gasteiger partial charge on any atom is 0.256 e. The summed E-state index contributed by atoms with van der Waals surface area (Å²) in [7, 11) is 1.55. The van der Waals surface area contributed by atoms with Gasteiger partial charge >= 0.3 is 0 Å². The lowest BCUT2D eigenvalue weighted by Crippen LogP contribution is -2.34. The van der Waals surface area contributed by atoms with Gasteiger partial charge in [-0.1, -0.05) is 39.0 Å². The first kappa shape index (κ1) is 18.0. The third-order valence-electron chi connectivity index (χ3n) is 4.55. The molecule has 2 aromatic carbocycles. The monoisotopic (exact) mass is 352 g/mol. The first-order chi connectivity index (χ1) is 12.3. The van der Waals surface area contributed by atoms with Gasteiger partial charge in [-0.05, 0) is 35.2 Å². The standard InChI is InChI=1S/C21H24N2O3/c1-21(2,3)14-8-10-15(11-9-14)22-18-13-19(24)23(20(18)25)16-6-5-7-17(12-16)26-4/h5-12,18,22H,13H2,1-4H3/t18-/m1/s1. The minimum Gasteiger partial charge on any atom is -0.497 e. The van der Waals surface area contributed by atoms with Gasteiger partial charge in [-0.3, -0.25) is 9.59 Å². The Hall–Kier alpha value is -2.82. The Morgan fingerprint density at radius 2 is 1.77 bits per heavy atom. The van der Waals surface area contributed by atoms with Crippen molar-refractivity contribution in [3.05, 3.63) is 54.1 Å². The quantitative estimate of drug-likeness (QED) is 0.852. The van der Waals surface area contributed by atoms with Gasteiger partial charge in [0.1, 0.15) is 11.8 Å².